The Balaban J connectivity index is 1.49. The number of benzene rings is 2. The fourth-order valence-corrected chi connectivity index (χ4v) is 6.30. The average molecular weight is 563 g/mol. The number of amides is 2. The second-order valence-electron chi connectivity index (χ2n) is 9.39. The van der Waals surface area contributed by atoms with Crippen LogP contribution >= 0.6 is 24.0 Å². The molecule has 0 saturated carbocycles. The van der Waals surface area contributed by atoms with Gasteiger partial charge in [0.05, 0.1) is 28.3 Å². The predicted molar refractivity (Wildman–Crippen MR) is 160 cm³/mol. The van der Waals surface area contributed by atoms with Gasteiger partial charge in [0, 0.05) is 45.2 Å². The molecule has 39 heavy (non-hydrogen) atoms. The highest BCUT2D eigenvalue weighted by Gasteiger charge is 2.33. The second-order valence-corrected chi connectivity index (χ2v) is 11.1. The van der Waals surface area contributed by atoms with Crippen LogP contribution in [0.5, 0.6) is 0 Å². The Morgan fingerprint density at radius 3 is 2.44 bits per heavy atom. The van der Waals surface area contributed by atoms with Gasteiger partial charge in [0.25, 0.3) is 11.5 Å². The first-order valence-corrected chi connectivity index (χ1v) is 14.2. The smallest absolute Gasteiger partial charge is 0.409 e. The van der Waals surface area contributed by atoms with Crippen LogP contribution in [-0.2, 0) is 23.0 Å². The van der Waals surface area contributed by atoms with E-state index in [9.17, 15) is 14.4 Å². The molecule has 3 aromatic rings. The summed E-state index contributed by atoms with van der Waals surface area (Å²) in [6.07, 6.45) is 2.06. The Hall–Kier alpha value is -3.63. The molecule has 0 atom stereocenters. The number of aromatic nitrogens is 1. The summed E-state index contributed by atoms with van der Waals surface area (Å²) in [5.74, 6) is -0.186. The summed E-state index contributed by atoms with van der Waals surface area (Å²) in [7, 11) is 1.75. The van der Waals surface area contributed by atoms with E-state index in [4.69, 9.17) is 17.0 Å². The van der Waals surface area contributed by atoms with Gasteiger partial charge in [0.15, 0.2) is 0 Å². The molecule has 10 heteroatoms. The number of thiocarbonyl (C=S) groups is 1. The fourth-order valence-electron chi connectivity index (χ4n) is 5.01. The second kappa shape index (κ2) is 11.6. The van der Waals surface area contributed by atoms with Gasteiger partial charge in [-0.15, -0.1) is 0 Å². The Morgan fingerprint density at radius 2 is 1.72 bits per heavy atom. The normalized spacial score (nSPS) is 17.0. The van der Waals surface area contributed by atoms with Gasteiger partial charge < -0.3 is 19.1 Å². The number of rotatable bonds is 6. The summed E-state index contributed by atoms with van der Waals surface area (Å²) in [5, 5.41) is 0.912. The zero-order valence-corrected chi connectivity index (χ0v) is 23.6. The van der Waals surface area contributed by atoms with Gasteiger partial charge in [-0.25, -0.2) is 4.79 Å². The van der Waals surface area contributed by atoms with E-state index in [1.54, 1.807) is 34.4 Å². The van der Waals surface area contributed by atoms with Crippen molar-refractivity contribution < 1.29 is 14.3 Å². The van der Waals surface area contributed by atoms with Crippen molar-refractivity contribution in [2.24, 2.45) is 7.05 Å². The molecule has 2 aromatic carbocycles. The summed E-state index contributed by atoms with van der Waals surface area (Å²) < 4.78 is 7.28. The number of hydrogen-bond donors (Lipinski definition) is 0. The number of thioether (sulfide) groups is 1. The number of fused-ring (bicyclic) bond motifs is 1. The molecular weight excluding hydrogens is 532 g/mol. The van der Waals surface area contributed by atoms with Crippen LogP contribution in [0.2, 0.25) is 0 Å². The maximum atomic E-state index is 13.7. The monoisotopic (exact) mass is 562 g/mol. The lowest BCUT2D eigenvalue weighted by Crippen LogP contribution is -2.49. The number of carbonyl (C=O) groups excluding carboxylic acids is 2. The van der Waals surface area contributed by atoms with Gasteiger partial charge in [-0.2, -0.15) is 0 Å². The van der Waals surface area contributed by atoms with Crippen LogP contribution in [0.3, 0.4) is 0 Å². The van der Waals surface area contributed by atoms with E-state index >= 15 is 0 Å². The van der Waals surface area contributed by atoms with Crippen LogP contribution in [0.4, 0.5) is 10.5 Å². The van der Waals surface area contributed by atoms with Gasteiger partial charge in [0.1, 0.15) is 4.32 Å². The quantitative estimate of drug-likeness (QED) is 0.328. The molecule has 1 aromatic heterocycles. The standard InChI is InChI=1S/C29H30N4O4S2/c1-3-37-28(36)32-17-15-31(16-18-32)25-21-11-7-8-12-23(21)30(2)26(34)22(25)19-24-27(35)33(29(38)39-24)14-13-20-9-5-4-6-10-20/h4-12,19H,3,13-18H2,1-2H3. The minimum absolute atomic E-state index is 0.186. The number of pyridine rings is 1. The minimum Gasteiger partial charge on any atom is -0.450 e. The van der Waals surface area contributed by atoms with Crippen molar-refractivity contribution in [3.8, 4) is 0 Å². The zero-order chi connectivity index (χ0) is 27.5. The van der Waals surface area contributed by atoms with E-state index in [0.29, 0.717) is 60.5 Å². The highest BCUT2D eigenvalue weighted by atomic mass is 32.2. The number of aryl methyl sites for hydroxylation is 1. The lowest BCUT2D eigenvalue weighted by Gasteiger charge is -2.36. The summed E-state index contributed by atoms with van der Waals surface area (Å²) in [6, 6.07) is 17.7. The van der Waals surface area contributed by atoms with E-state index in [2.05, 4.69) is 4.90 Å². The first kappa shape index (κ1) is 27.0. The first-order valence-electron chi connectivity index (χ1n) is 13.0. The summed E-state index contributed by atoms with van der Waals surface area (Å²) in [5.41, 5.74) is 2.96. The number of piperazine rings is 1. The van der Waals surface area contributed by atoms with Crippen LogP contribution in [0.1, 0.15) is 18.1 Å². The molecule has 0 spiro atoms. The predicted octanol–water partition coefficient (Wildman–Crippen LogP) is 4.26. The Bertz CT molecular complexity index is 1510. The largest absolute Gasteiger partial charge is 0.450 e. The number of hydrogen-bond acceptors (Lipinski definition) is 7. The van der Waals surface area contributed by atoms with Gasteiger partial charge in [-0.1, -0.05) is 72.5 Å². The molecule has 0 aliphatic carbocycles. The Morgan fingerprint density at radius 1 is 1.03 bits per heavy atom. The van der Waals surface area contributed by atoms with Crippen molar-refractivity contribution in [2.45, 2.75) is 13.3 Å². The average Bonchev–Trinajstić information content (AvgIpc) is 3.22. The van der Waals surface area contributed by atoms with Crippen molar-refractivity contribution in [3.05, 3.63) is 81.0 Å². The van der Waals surface area contributed by atoms with Gasteiger partial charge in [-0.05, 0) is 31.1 Å². The lowest BCUT2D eigenvalue weighted by atomic mass is 10.1. The minimum atomic E-state index is -0.328. The molecule has 202 valence electrons. The van der Waals surface area contributed by atoms with E-state index in [1.807, 2.05) is 54.6 Å². The van der Waals surface area contributed by atoms with Crippen molar-refractivity contribution in [1.29, 1.82) is 0 Å². The fraction of sp³-hybridized carbons (Fsp3) is 0.310. The molecule has 3 heterocycles. The summed E-state index contributed by atoms with van der Waals surface area (Å²) in [6.45, 7) is 4.61. The van der Waals surface area contributed by atoms with E-state index in [-0.39, 0.29) is 17.6 Å². The topological polar surface area (TPSA) is 75.1 Å². The summed E-state index contributed by atoms with van der Waals surface area (Å²) >= 11 is 6.79. The third-order valence-corrected chi connectivity index (χ3v) is 8.43. The maximum Gasteiger partial charge on any atom is 0.409 e. The third-order valence-electron chi connectivity index (χ3n) is 7.05. The van der Waals surface area contributed by atoms with Crippen molar-refractivity contribution in [1.82, 2.24) is 14.4 Å². The van der Waals surface area contributed by atoms with Crippen LogP contribution in [0.25, 0.3) is 17.0 Å². The van der Waals surface area contributed by atoms with Crippen molar-refractivity contribution in [3.63, 3.8) is 0 Å². The maximum absolute atomic E-state index is 13.7. The SMILES string of the molecule is CCOC(=O)N1CCN(c2c(C=C3SC(=S)N(CCc4ccccc4)C3=O)c(=O)n(C)c3ccccc23)CC1. The van der Waals surface area contributed by atoms with Crippen LogP contribution in [0, 0.1) is 0 Å². The van der Waals surface area contributed by atoms with Gasteiger partial charge in [-0.3, -0.25) is 14.5 Å². The van der Waals surface area contributed by atoms with Crippen LogP contribution in [-0.4, -0.2) is 70.0 Å². The number of anilines is 1. The molecule has 5 rings (SSSR count). The van der Waals surface area contributed by atoms with Gasteiger partial charge in [0.2, 0.25) is 0 Å². The highest BCUT2D eigenvalue weighted by Crippen LogP contribution is 2.36. The van der Waals surface area contributed by atoms with Crippen LogP contribution in [0.15, 0.2) is 64.3 Å². The molecule has 0 N–H and O–H groups in total. The lowest BCUT2D eigenvalue weighted by molar-refractivity contribution is -0.122. The van der Waals surface area contributed by atoms with Crippen molar-refractivity contribution >= 4 is 63.0 Å². The first-order chi connectivity index (χ1) is 18.9. The van der Waals surface area contributed by atoms with E-state index in [1.165, 1.54) is 11.8 Å². The molecular formula is C29H30N4O4S2. The molecule has 2 fully saturated rings. The van der Waals surface area contributed by atoms with Crippen LogP contribution < -0.4 is 10.5 Å². The molecule has 2 aliphatic rings. The molecule has 2 saturated heterocycles. The number of ether oxygens (including phenoxy) is 1. The molecule has 0 unspecified atom stereocenters. The Labute approximate surface area is 236 Å². The van der Waals surface area contributed by atoms with E-state index in [0.717, 1.165) is 22.2 Å². The third kappa shape index (κ3) is 5.44. The number of para-hydroxylation sites is 1. The molecule has 0 bridgehead atoms. The Kier molecular flexibility index (Phi) is 8.04. The van der Waals surface area contributed by atoms with Gasteiger partial charge >= 0.3 is 6.09 Å². The summed E-state index contributed by atoms with van der Waals surface area (Å²) in [4.78, 5) is 45.3. The number of carbonyl (C=O) groups is 2. The molecule has 2 amide bonds. The van der Waals surface area contributed by atoms with E-state index < -0.39 is 0 Å². The zero-order valence-electron chi connectivity index (χ0n) is 22.0. The molecule has 0 radical (unpaired) electrons. The molecule has 8 nitrogen and oxygen atoms in total. The highest BCUT2D eigenvalue weighted by molar-refractivity contribution is 8.26. The molecule has 2 aliphatic heterocycles. The van der Waals surface area contributed by atoms with Crippen molar-refractivity contribution in [2.75, 3.05) is 44.2 Å². The number of nitrogens with zero attached hydrogens (tertiary/aromatic N) is 4.